The zero-order valence-corrected chi connectivity index (χ0v) is 17.4. The predicted octanol–water partition coefficient (Wildman–Crippen LogP) is 1.62. The molecule has 176 valence electrons. The zero-order chi connectivity index (χ0) is 24.1. The number of carbonyl (C=O) groups is 3. The maximum absolute atomic E-state index is 12.7. The highest BCUT2D eigenvalue weighted by molar-refractivity contribution is 6.00. The molecule has 1 fully saturated rings. The van der Waals surface area contributed by atoms with Crippen LogP contribution in [0.1, 0.15) is 43.7 Å². The third-order valence-corrected chi connectivity index (χ3v) is 5.09. The minimum absolute atomic E-state index is 0.232. The topological polar surface area (TPSA) is 136 Å². The summed E-state index contributed by atoms with van der Waals surface area (Å²) >= 11 is 0. The van der Waals surface area contributed by atoms with Crippen LogP contribution in [0.5, 0.6) is 0 Å². The van der Waals surface area contributed by atoms with Gasteiger partial charge in [0.05, 0.1) is 11.0 Å². The average Bonchev–Trinajstić information content (AvgIpc) is 2.96. The fourth-order valence-electron chi connectivity index (χ4n) is 3.44. The van der Waals surface area contributed by atoms with Gasteiger partial charge in [0.25, 0.3) is 0 Å². The molecule has 3 rings (SSSR count). The number of aryl methyl sites for hydroxylation is 2. The number of imide groups is 1. The number of unbranched alkanes of at least 4 members (excludes halogenated alkanes) is 2. The molecule has 0 bridgehead atoms. The van der Waals surface area contributed by atoms with E-state index < -0.39 is 24.1 Å². The Balaban J connectivity index is 0.000000451. The Kier molecular flexibility index (Phi) is 8.19. The van der Waals surface area contributed by atoms with Crippen molar-refractivity contribution in [3.63, 3.8) is 0 Å². The molecular formula is C20H25F3N4O5. The van der Waals surface area contributed by atoms with Crippen molar-refractivity contribution < 1.29 is 32.7 Å². The Hall–Kier alpha value is -3.15. The first-order chi connectivity index (χ1) is 15.0. The van der Waals surface area contributed by atoms with Crippen molar-refractivity contribution in [2.45, 2.75) is 50.7 Å². The van der Waals surface area contributed by atoms with Crippen LogP contribution >= 0.6 is 0 Å². The Morgan fingerprint density at radius 3 is 2.41 bits per heavy atom. The van der Waals surface area contributed by atoms with Gasteiger partial charge in [-0.2, -0.15) is 13.2 Å². The van der Waals surface area contributed by atoms with E-state index in [0.29, 0.717) is 13.0 Å². The van der Waals surface area contributed by atoms with Crippen LogP contribution in [0.15, 0.2) is 23.0 Å². The number of benzene rings is 1. The normalized spacial score (nSPS) is 16.5. The van der Waals surface area contributed by atoms with Crippen LogP contribution in [-0.4, -0.2) is 44.7 Å². The summed E-state index contributed by atoms with van der Waals surface area (Å²) in [5.74, 6) is -3.45. The molecule has 0 spiro atoms. The second kappa shape index (κ2) is 10.4. The number of carboxylic acids is 1. The van der Waals surface area contributed by atoms with Gasteiger partial charge in [-0.25, -0.2) is 9.59 Å². The molecule has 1 aromatic heterocycles. The summed E-state index contributed by atoms with van der Waals surface area (Å²) in [4.78, 5) is 45.1. The molecule has 2 heterocycles. The fourth-order valence-corrected chi connectivity index (χ4v) is 3.44. The van der Waals surface area contributed by atoms with Gasteiger partial charge in [-0.05, 0) is 49.9 Å². The average molecular weight is 458 g/mol. The number of amides is 2. The van der Waals surface area contributed by atoms with Crippen molar-refractivity contribution in [3.05, 3.63) is 34.2 Å². The number of aromatic nitrogens is 2. The van der Waals surface area contributed by atoms with E-state index >= 15 is 0 Å². The number of piperidine rings is 1. The predicted molar refractivity (Wildman–Crippen MR) is 109 cm³/mol. The van der Waals surface area contributed by atoms with Crippen LogP contribution in [0.2, 0.25) is 0 Å². The van der Waals surface area contributed by atoms with Crippen LogP contribution in [0.3, 0.4) is 0 Å². The van der Waals surface area contributed by atoms with Crippen molar-refractivity contribution in [3.8, 4) is 0 Å². The number of imidazole rings is 1. The van der Waals surface area contributed by atoms with Crippen molar-refractivity contribution in [2.24, 2.45) is 12.8 Å². The van der Waals surface area contributed by atoms with E-state index in [2.05, 4.69) is 5.32 Å². The first-order valence-electron chi connectivity index (χ1n) is 10.0. The minimum atomic E-state index is -5.08. The number of halogens is 3. The molecule has 32 heavy (non-hydrogen) atoms. The molecule has 1 aliphatic heterocycles. The van der Waals surface area contributed by atoms with E-state index in [1.165, 1.54) is 10.1 Å². The SMILES string of the molecule is Cn1c(=O)n(C2CCC(=O)NC2=O)c2ccc(CCCCCN)cc21.O=C(O)C(F)(F)F. The molecule has 1 unspecified atom stereocenters. The van der Waals surface area contributed by atoms with E-state index in [1.54, 1.807) is 11.6 Å². The van der Waals surface area contributed by atoms with Gasteiger partial charge in [-0.3, -0.25) is 24.0 Å². The van der Waals surface area contributed by atoms with Gasteiger partial charge in [-0.15, -0.1) is 0 Å². The summed E-state index contributed by atoms with van der Waals surface area (Å²) in [5.41, 5.74) is 7.99. The molecule has 1 saturated heterocycles. The second-order valence-electron chi connectivity index (χ2n) is 7.40. The van der Waals surface area contributed by atoms with Crippen LogP contribution in [-0.2, 0) is 27.9 Å². The van der Waals surface area contributed by atoms with Gasteiger partial charge >= 0.3 is 17.8 Å². The lowest BCUT2D eigenvalue weighted by atomic mass is 10.0. The highest BCUT2D eigenvalue weighted by Crippen LogP contribution is 2.24. The van der Waals surface area contributed by atoms with Gasteiger partial charge in [0.1, 0.15) is 6.04 Å². The largest absolute Gasteiger partial charge is 0.490 e. The van der Waals surface area contributed by atoms with Crippen LogP contribution in [0.4, 0.5) is 13.2 Å². The summed E-state index contributed by atoms with van der Waals surface area (Å²) in [6.07, 6.45) is -0.376. The molecule has 0 aliphatic carbocycles. The molecule has 0 radical (unpaired) electrons. The summed E-state index contributed by atoms with van der Waals surface area (Å²) in [6, 6.07) is 5.29. The fraction of sp³-hybridized carbons (Fsp3) is 0.500. The van der Waals surface area contributed by atoms with E-state index in [-0.39, 0.29) is 18.0 Å². The Bertz CT molecular complexity index is 1060. The molecule has 9 nitrogen and oxygen atoms in total. The highest BCUT2D eigenvalue weighted by atomic mass is 19.4. The van der Waals surface area contributed by atoms with Crippen molar-refractivity contribution in [1.82, 2.24) is 14.5 Å². The van der Waals surface area contributed by atoms with Gasteiger partial charge in [-0.1, -0.05) is 12.5 Å². The summed E-state index contributed by atoms with van der Waals surface area (Å²) in [7, 11) is 1.71. The highest BCUT2D eigenvalue weighted by Gasteiger charge is 2.38. The van der Waals surface area contributed by atoms with Crippen molar-refractivity contribution >= 4 is 28.8 Å². The number of nitrogens with one attached hydrogen (secondary N) is 1. The molecule has 12 heteroatoms. The van der Waals surface area contributed by atoms with Gasteiger partial charge < -0.3 is 10.8 Å². The Morgan fingerprint density at radius 2 is 1.84 bits per heavy atom. The minimum Gasteiger partial charge on any atom is -0.475 e. The van der Waals surface area contributed by atoms with Crippen molar-refractivity contribution in [2.75, 3.05) is 6.54 Å². The van der Waals surface area contributed by atoms with Gasteiger partial charge in [0, 0.05) is 13.5 Å². The number of alkyl halides is 3. The van der Waals surface area contributed by atoms with Crippen LogP contribution < -0.4 is 16.7 Å². The summed E-state index contributed by atoms with van der Waals surface area (Å²) in [6.45, 7) is 0.711. The van der Waals surface area contributed by atoms with Gasteiger partial charge in [0.15, 0.2) is 0 Å². The van der Waals surface area contributed by atoms with E-state index in [4.69, 9.17) is 15.6 Å². The number of rotatable bonds is 6. The van der Waals surface area contributed by atoms with E-state index in [1.807, 2.05) is 18.2 Å². The summed E-state index contributed by atoms with van der Waals surface area (Å²) < 4.78 is 34.8. The number of carbonyl (C=O) groups excluding carboxylic acids is 2. The third-order valence-electron chi connectivity index (χ3n) is 5.09. The lowest BCUT2D eigenvalue weighted by molar-refractivity contribution is -0.192. The third kappa shape index (κ3) is 5.96. The zero-order valence-electron chi connectivity index (χ0n) is 17.4. The number of carboxylic acid groups (broad SMARTS) is 1. The maximum atomic E-state index is 12.7. The molecule has 2 amide bonds. The Morgan fingerprint density at radius 1 is 1.19 bits per heavy atom. The monoisotopic (exact) mass is 458 g/mol. The maximum Gasteiger partial charge on any atom is 0.490 e. The molecule has 4 N–H and O–H groups in total. The second-order valence-corrected chi connectivity index (χ2v) is 7.40. The van der Waals surface area contributed by atoms with Gasteiger partial charge in [0.2, 0.25) is 11.8 Å². The van der Waals surface area contributed by atoms with Crippen molar-refractivity contribution in [1.29, 1.82) is 0 Å². The number of fused-ring (bicyclic) bond motifs is 1. The molecule has 0 saturated carbocycles. The first kappa shape index (κ1) is 25.1. The number of nitrogens with zero attached hydrogens (tertiary/aromatic N) is 2. The van der Waals surface area contributed by atoms with E-state index in [0.717, 1.165) is 36.7 Å². The Labute approximate surface area is 181 Å². The number of hydrogen-bond acceptors (Lipinski definition) is 5. The summed E-state index contributed by atoms with van der Waals surface area (Å²) in [5, 5.41) is 9.45. The number of nitrogens with two attached hydrogens (primary N) is 1. The molecule has 2 aromatic rings. The van der Waals surface area contributed by atoms with Crippen LogP contribution in [0, 0.1) is 0 Å². The molecule has 1 aromatic carbocycles. The quantitative estimate of drug-likeness (QED) is 0.445. The molecule has 1 atom stereocenters. The molecule has 1 aliphatic rings. The standard InChI is InChI=1S/C18H24N4O3.C2HF3O2/c1-21-15-11-12(5-3-2-4-10-19)6-7-13(15)22(18(21)25)14-8-9-16(23)20-17(14)24;3-2(4,5)1(6)7/h6-7,11,14H,2-5,8-10,19H2,1H3,(H,20,23,24);(H,6,7). The lowest BCUT2D eigenvalue weighted by Gasteiger charge is -2.21. The smallest absolute Gasteiger partial charge is 0.475 e. The number of hydrogen-bond donors (Lipinski definition) is 3. The molecular weight excluding hydrogens is 433 g/mol. The lowest BCUT2D eigenvalue weighted by Crippen LogP contribution is -2.44. The van der Waals surface area contributed by atoms with Crippen LogP contribution in [0.25, 0.3) is 11.0 Å². The first-order valence-corrected chi connectivity index (χ1v) is 10.0. The number of aliphatic carboxylic acids is 1. The van der Waals surface area contributed by atoms with E-state index in [9.17, 15) is 27.6 Å².